The molecule has 4 rings (SSSR count). The van der Waals surface area contributed by atoms with E-state index in [-0.39, 0.29) is 23.8 Å². The highest BCUT2D eigenvalue weighted by Crippen LogP contribution is 2.29. The molecule has 2 amide bonds. The summed E-state index contributed by atoms with van der Waals surface area (Å²) >= 11 is 3.47. The summed E-state index contributed by atoms with van der Waals surface area (Å²) in [5.74, 6) is -0.758. The maximum absolute atomic E-state index is 14.6. The normalized spacial score (nSPS) is 11.9. The van der Waals surface area contributed by atoms with Crippen LogP contribution < -0.4 is 9.62 Å². The predicted molar refractivity (Wildman–Crippen MR) is 183 cm³/mol. The number of hydrogen-bond donors (Lipinski definition) is 1. The van der Waals surface area contributed by atoms with Gasteiger partial charge in [0.25, 0.3) is 10.0 Å². The average molecular weight is 691 g/mol. The second kappa shape index (κ2) is 15.9. The molecule has 1 N–H and O–H groups in total. The minimum Gasteiger partial charge on any atom is -0.354 e. The van der Waals surface area contributed by atoms with Crippen molar-refractivity contribution in [2.24, 2.45) is 0 Å². The van der Waals surface area contributed by atoms with Gasteiger partial charge in [-0.25, -0.2) is 8.42 Å². The van der Waals surface area contributed by atoms with E-state index in [1.807, 2.05) is 81.4 Å². The van der Waals surface area contributed by atoms with Gasteiger partial charge in [-0.2, -0.15) is 0 Å². The monoisotopic (exact) mass is 689 g/mol. The van der Waals surface area contributed by atoms with Crippen LogP contribution in [-0.2, 0) is 32.6 Å². The van der Waals surface area contributed by atoms with Crippen LogP contribution in [0.2, 0.25) is 0 Å². The number of nitrogens with zero attached hydrogens (tertiary/aromatic N) is 2. The Morgan fingerprint density at radius 1 is 0.822 bits per heavy atom. The molecule has 0 aliphatic heterocycles. The summed E-state index contributed by atoms with van der Waals surface area (Å²) in [6.07, 6.45) is 1.99. The highest BCUT2D eigenvalue weighted by atomic mass is 79.9. The number of amides is 2. The van der Waals surface area contributed by atoms with Crippen molar-refractivity contribution in [3.05, 3.63) is 130 Å². The Morgan fingerprint density at radius 3 is 2.11 bits per heavy atom. The van der Waals surface area contributed by atoms with Crippen LogP contribution in [0.1, 0.15) is 42.0 Å². The zero-order valence-corrected chi connectivity index (χ0v) is 28.4. The molecule has 0 bridgehead atoms. The van der Waals surface area contributed by atoms with Gasteiger partial charge in [-0.05, 0) is 72.9 Å². The van der Waals surface area contributed by atoms with E-state index in [2.05, 4.69) is 21.2 Å². The molecular formula is C36H40BrN3O4S. The fraction of sp³-hybridized carbons (Fsp3) is 0.278. The van der Waals surface area contributed by atoms with Crippen molar-refractivity contribution in [2.75, 3.05) is 17.4 Å². The van der Waals surface area contributed by atoms with Gasteiger partial charge in [0.2, 0.25) is 11.8 Å². The third kappa shape index (κ3) is 8.83. The zero-order valence-electron chi connectivity index (χ0n) is 25.9. The van der Waals surface area contributed by atoms with Crippen LogP contribution in [0.15, 0.2) is 112 Å². The third-order valence-electron chi connectivity index (χ3n) is 7.82. The first kappa shape index (κ1) is 33.9. The van der Waals surface area contributed by atoms with E-state index in [4.69, 9.17) is 0 Å². The number of nitrogens with one attached hydrogen (secondary N) is 1. The molecule has 1 atom stereocenters. The van der Waals surface area contributed by atoms with E-state index < -0.39 is 28.5 Å². The van der Waals surface area contributed by atoms with E-state index in [9.17, 15) is 18.0 Å². The van der Waals surface area contributed by atoms with Gasteiger partial charge in [-0.3, -0.25) is 13.9 Å². The Kier molecular flexibility index (Phi) is 12.0. The van der Waals surface area contributed by atoms with Crippen molar-refractivity contribution in [3.8, 4) is 0 Å². The molecule has 7 nitrogen and oxygen atoms in total. The molecule has 0 aliphatic rings. The lowest BCUT2D eigenvalue weighted by Gasteiger charge is -2.34. The summed E-state index contributed by atoms with van der Waals surface area (Å²) in [5, 5.41) is 3.02. The Labute approximate surface area is 275 Å². The van der Waals surface area contributed by atoms with E-state index in [1.165, 1.54) is 21.3 Å². The first-order valence-corrected chi connectivity index (χ1v) is 17.3. The summed E-state index contributed by atoms with van der Waals surface area (Å²) in [4.78, 5) is 30.0. The minimum absolute atomic E-state index is 0.0799. The van der Waals surface area contributed by atoms with Crippen molar-refractivity contribution in [1.29, 1.82) is 0 Å². The summed E-state index contributed by atoms with van der Waals surface area (Å²) in [6.45, 7) is 5.93. The molecule has 0 aliphatic carbocycles. The lowest BCUT2D eigenvalue weighted by molar-refractivity contribution is -0.140. The molecule has 0 radical (unpaired) electrons. The average Bonchev–Trinajstić information content (AvgIpc) is 3.04. The van der Waals surface area contributed by atoms with Gasteiger partial charge in [0, 0.05) is 24.0 Å². The Balaban J connectivity index is 1.81. The van der Waals surface area contributed by atoms with Gasteiger partial charge in [0.05, 0.1) is 10.6 Å². The van der Waals surface area contributed by atoms with Crippen LogP contribution in [0.4, 0.5) is 5.69 Å². The molecule has 4 aromatic rings. The number of anilines is 1. The largest absolute Gasteiger partial charge is 0.354 e. The second-order valence-corrected chi connectivity index (χ2v) is 13.8. The standard InChI is InChI=1S/C36H40BrN3O4S/c1-4-5-23-38-36(42)34(24-29-14-8-6-9-15-29)39(25-30-19-21-31(37)22-20-30)35(41)26-40(33-18-12-13-27(2)28(33)3)45(43,44)32-16-10-7-11-17-32/h6-22,34H,4-5,23-26H2,1-3H3,(H,38,42). The number of rotatable bonds is 14. The Bertz CT molecular complexity index is 1680. The van der Waals surface area contributed by atoms with Crippen LogP contribution in [-0.4, -0.2) is 44.3 Å². The van der Waals surface area contributed by atoms with E-state index in [0.717, 1.165) is 39.6 Å². The fourth-order valence-corrected chi connectivity index (χ4v) is 6.84. The molecule has 0 saturated heterocycles. The van der Waals surface area contributed by atoms with Crippen molar-refractivity contribution in [1.82, 2.24) is 10.2 Å². The summed E-state index contributed by atoms with van der Waals surface area (Å²) in [7, 11) is -4.14. The highest BCUT2D eigenvalue weighted by Gasteiger charge is 2.35. The molecule has 4 aromatic carbocycles. The van der Waals surface area contributed by atoms with Gasteiger partial charge < -0.3 is 10.2 Å². The topological polar surface area (TPSA) is 86.8 Å². The Morgan fingerprint density at radius 2 is 1.47 bits per heavy atom. The molecule has 1 unspecified atom stereocenters. The van der Waals surface area contributed by atoms with Gasteiger partial charge in [-0.15, -0.1) is 0 Å². The smallest absolute Gasteiger partial charge is 0.264 e. The van der Waals surface area contributed by atoms with Gasteiger partial charge in [0.15, 0.2) is 0 Å². The van der Waals surface area contributed by atoms with E-state index in [0.29, 0.717) is 12.2 Å². The number of carbonyl (C=O) groups is 2. The molecule has 236 valence electrons. The first-order valence-electron chi connectivity index (χ1n) is 15.1. The van der Waals surface area contributed by atoms with Crippen molar-refractivity contribution in [3.63, 3.8) is 0 Å². The summed E-state index contributed by atoms with van der Waals surface area (Å²) in [6, 6.07) is 29.8. The molecule has 0 spiro atoms. The van der Waals surface area contributed by atoms with Gasteiger partial charge in [0.1, 0.15) is 12.6 Å². The second-order valence-electron chi connectivity index (χ2n) is 11.0. The van der Waals surface area contributed by atoms with Crippen LogP contribution in [0.3, 0.4) is 0 Å². The quantitative estimate of drug-likeness (QED) is 0.147. The van der Waals surface area contributed by atoms with Gasteiger partial charge in [-0.1, -0.05) is 102 Å². The third-order valence-corrected chi connectivity index (χ3v) is 10.1. The lowest BCUT2D eigenvalue weighted by Crippen LogP contribution is -2.53. The summed E-state index contributed by atoms with van der Waals surface area (Å²) in [5.41, 5.74) is 3.78. The molecule has 0 fully saturated rings. The Hall–Kier alpha value is -3.95. The maximum Gasteiger partial charge on any atom is 0.264 e. The number of sulfonamides is 1. The number of halogens is 1. The van der Waals surface area contributed by atoms with Crippen molar-refractivity contribution in [2.45, 2.75) is 57.5 Å². The SMILES string of the molecule is CCCCNC(=O)C(Cc1ccccc1)N(Cc1ccc(Br)cc1)C(=O)CN(c1cccc(C)c1C)S(=O)(=O)c1ccccc1. The zero-order chi connectivity index (χ0) is 32.4. The molecule has 45 heavy (non-hydrogen) atoms. The number of benzene rings is 4. The molecular weight excluding hydrogens is 650 g/mol. The lowest BCUT2D eigenvalue weighted by atomic mass is 10.0. The first-order chi connectivity index (χ1) is 21.6. The number of hydrogen-bond acceptors (Lipinski definition) is 4. The number of carbonyl (C=O) groups excluding carboxylic acids is 2. The van der Waals surface area contributed by atoms with E-state index in [1.54, 1.807) is 30.3 Å². The van der Waals surface area contributed by atoms with Crippen molar-refractivity contribution >= 4 is 43.5 Å². The maximum atomic E-state index is 14.6. The van der Waals surface area contributed by atoms with Crippen LogP contribution >= 0.6 is 15.9 Å². The van der Waals surface area contributed by atoms with E-state index >= 15 is 0 Å². The van der Waals surface area contributed by atoms with Crippen LogP contribution in [0, 0.1) is 13.8 Å². The fourth-order valence-electron chi connectivity index (χ4n) is 5.09. The molecule has 0 heterocycles. The van der Waals surface area contributed by atoms with Crippen LogP contribution in [0.25, 0.3) is 0 Å². The molecule has 9 heteroatoms. The van der Waals surface area contributed by atoms with Crippen LogP contribution in [0.5, 0.6) is 0 Å². The predicted octanol–water partition coefficient (Wildman–Crippen LogP) is 6.82. The van der Waals surface area contributed by atoms with Gasteiger partial charge >= 0.3 is 0 Å². The molecule has 0 aromatic heterocycles. The number of aryl methyl sites for hydroxylation is 1. The number of unbranched alkanes of at least 4 members (excludes halogenated alkanes) is 1. The highest BCUT2D eigenvalue weighted by molar-refractivity contribution is 9.10. The molecule has 0 saturated carbocycles. The van der Waals surface area contributed by atoms with Crippen molar-refractivity contribution < 1.29 is 18.0 Å². The summed E-state index contributed by atoms with van der Waals surface area (Å²) < 4.78 is 30.4. The minimum atomic E-state index is -4.14.